The highest BCUT2D eigenvalue weighted by Crippen LogP contribution is 2.39. The summed E-state index contributed by atoms with van der Waals surface area (Å²) in [5, 5.41) is 24.7. The second-order valence-corrected chi connectivity index (χ2v) is 12.8. The molecule has 2 saturated heterocycles. The van der Waals surface area contributed by atoms with Gasteiger partial charge in [-0.3, -0.25) is 14.4 Å². The molecule has 0 aliphatic carbocycles. The van der Waals surface area contributed by atoms with Crippen molar-refractivity contribution in [3.05, 3.63) is 21.7 Å². The third-order valence-electron chi connectivity index (χ3n) is 8.37. The van der Waals surface area contributed by atoms with Crippen molar-refractivity contribution in [2.75, 3.05) is 13.7 Å². The van der Waals surface area contributed by atoms with Crippen LogP contribution in [-0.4, -0.2) is 81.9 Å². The minimum atomic E-state index is -1.28. The van der Waals surface area contributed by atoms with E-state index in [-0.39, 0.29) is 42.7 Å². The summed E-state index contributed by atoms with van der Waals surface area (Å²) in [5.74, 6) is -1.89. The molecule has 0 aromatic carbocycles. The van der Waals surface area contributed by atoms with Gasteiger partial charge in [-0.25, -0.2) is 4.98 Å². The number of rotatable bonds is 4. The lowest BCUT2D eigenvalue weighted by molar-refractivity contribution is -0.154. The van der Waals surface area contributed by atoms with E-state index in [2.05, 4.69) is 4.98 Å². The molecule has 218 valence electrons. The van der Waals surface area contributed by atoms with Crippen LogP contribution < -0.4 is 0 Å². The van der Waals surface area contributed by atoms with E-state index in [1.807, 2.05) is 32.2 Å². The Bertz CT molecular complexity index is 1070. The molecule has 0 bridgehead atoms. The lowest BCUT2D eigenvalue weighted by atomic mass is 9.73. The summed E-state index contributed by atoms with van der Waals surface area (Å²) in [5.41, 5.74) is 0.306. The molecule has 3 heterocycles. The Hall–Kier alpha value is -2.14. The molecule has 7 atom stereocenters. The van der Waals surface area contributed by atoms with Crippen LogP contribution in [0.1, 0.15) is 77.4 Å². The van der Waals surface area contributed by atoms with Crippen molar-refractivity contribution < 1.29 is 34.1 Å². The number of aryl methyl sites for hydroxylation is 1. The van der Waals surface area contributed by atoms with E-state index in [9.17, 15) is 24.6 Å². The quantitative estimate of drug-likeness (QED) is 0.420. The van der Waals surface area contributed by atoms with Crippen molar-refractivity contribution in [2.24, 2.45) is 17.3 Å². The number of hydrogen-bond acceptors (Lipinski definition) is 9. The fourth-order valence-electron chi connectivity index (χ4n) is 5.66. The third-order valence-corrected chi connectivity index (χ3v) is 9.16. The zero-order chi connectivity index (χ0) is 29.1. The van der Waals surface area contributed by atoms with Crippen LogP contribution in [0.4, 0.5) is 0 Å². The van der Waals surface area contributed by atoms with Gasteiger partial charge in [-0.1, -0.05) is 34.1 Å². The molecule has 9 nitrogen and oxygen atoms in total. The summed E-state index contributed by atoms with van der Waals surface area (Å²) in [4.78, 5) is 45.5. The number of Topliss-reactive ketones (excluding diaryl/α,β-unsaturated/α-hetero) is 1. The standard InChI is InChI=1S/C29H44N2O7S/c1-16-9-8-10-21-22(31(21)25(33)14-37-7)12-23(17(2)11-20-15-39-19(4)30-20)38-26(34)13-24(32)29(5,6)28(36)18(3)27(16)35/h11,15-16,18,21-24,27,32,35H,8-10,12-14H2,1-7H3/t16-,18+,21+,22-,23?,24-,27-,31?/m0/s1. The average Bonchev–Trinajstić information content (AvgIpc) is 3.39. The van der Waals surface area contributed by atoms with Crippen LogP contribution in [0, 0.1) is 24.2 Å². The summed E-state index contributed by atoms with van der Waals surface area (Å²) in [7, 11) is 1.48. The van der Waals surface area contributed by atoms with E-state index in [0.717, 1.165) is 29.1 Å². The summed E-state index contributed by atoms with van der Waals surface area (Å²) in [6, 6.07) is -0.148. The highest BCUT2D eigenvalue weighted by molar-refractivity contribution is 7.09. The number of aliphatic hydroxyl groups is 2. The number of ketones is 1. The second-order valence-electron chi connectivity index (χ2n) is 11.8. The number of esters is 1. The minimum absolute atomic E-state index is 0.0241. The molecule has 1 unspecified atom stereocenters. The maximum atomic E-state index is 13.3. The molecule has 0 saturated carbocycles. The van der Waals surface area contributed by atoms with Gasteiger partial charge < -0.3 is 24.6 Å². The number of fused-ring (bicyclic) bond motifs is 1. The molecule has 2 aliphatic rings. The molecule has 0 spiro atoms. The molecule has 3 rings (SSSR count). The van der Waals surface area contributed by atoms with Crippen LogP contribution in [0.25, 0.3) is 6.08 Å². The highest BCUT2D eigenvalue weighted by atomic mass is 32.1. The monoisotopic (exact) mass is 564 g/mol. The van der Waals surface area contributed by atoms with Crippen molar-refractivity contribution in [3.63, 3.8) is 0 Å². The topological polar surface area (TPSA) is 126 Å². The van der Waals surface area contributed by atoms with Gasteiger partial charge in [0.1, 0.15) is 18.5 Å². The Morgan fingerprint density at radius 1 is 1.26 bits per heavy atom. The van der Waals surface area contributed by atoms with E-state index in [1.54, 1.807) is 25.7 Å². The molecule has 39 heavy (non-hydrogen) atoms. The molecule has 2 fully saturated rings. The van der Waals surface area contributed by atoms with Crippen molar-refractivity contribution in [1.82, 2.24) is 9.88 Å². The number of aromatic nitrogens is 1. The number of cyclic esters (lactones) is 1. The first-order valence-electron chi connectivity index (χ1n) is 13.8. The highest BCUT2D eigenvalue weighted by Gasteiger charge is 2.51. The minimum Gasteiger partial charge on any atom is -0.458 e. The number of methoxy groups -OCH3 is 1. The first-order valence-corrected chi connectivity index (χ1v) is 14.7. The van der Waals surface area contributed by atoms with E-state index in [0.29, 0.717) is 12.8 Å². The van der Waals surface area contributed by atoms with Crippen LogP contribution in [0.2, 0.25) is 0 Å². The Morgan fingerprint density at radius 2 is 1.95 bits per heavy atom. The van der Waals surface area contributed by atoms with Gasteiger partial charge in [0.05, 0.1) is 46.8 Å². The van der Waals surface area contributed by atoms with E-state index in [4.69, 9.17) is 9.47 Å². The molecule has 10 heteroatoms. The van der Waals surface area contributed by atoms with Crippen LogP contribution in [0.3, 0.4) is 0 Å². The van der Waals surface area contributed by atoms with Gasteiger partial charge >= 0.3 is 5.97 Å². The summed E-state index contributed by atoms with van der Waals surface area (Å²) in [6.07, 6.45) is 1.32. The van der Waals surface area contributed by atoms with Gasteiger partial charge in [0.25, 0.3) is 0 Å². The summed E-state index contributed by atoms with van der Waals surface area (Å²) < 4.78 is 11.0. The number of carbonyl (C=O) groups is 3. The first-order chi connectivity index (χ1) is 18.3. The van der Waals surface area contributed by atoms with Gasteiger partial charge in [-0.2, -0.15) is 0 Å². The number of ether oxygens (including phenoxy) is 2. The van der Waals surface area contributed by atoms with Gasteiger partial charge in [0, 0.05) is 24.8 Å². The van der Waals surface area contributed by atoms with Crippen molar-refractivity contribution in [2.45, 2.75) is 104 Å². The van der Waals surface area contributed by atoms with Crippen LogP contribution >= 0.6 is 11.3 Å². The number of carbonyl (C=O) groups excluding carboxylic acids is 3. The Balaban J connectivity index is 1.92. The molecular formula is C29H44N2O7S. The number of thiazole rings is 1. The van der Waals surface area contributed by atoms with Crippen LogP contribution in [0.5, 0.6) is 0 Å². The zero-order valence-electron chi connectivity index (χ0n) is 24.2. The Labute approximate surface area is 235 Å². The first kappa shape index (κ1) is 31.4. The van der Waals surface area contributed by atoms with E-state index >= 15 is 0 Å². The smallest absolute Gasteiger partial charge is 0.309 e. The molecule has 2 aliphatic heterocycles. The molecule has 1 aromatic heterocycles. The predicted molar refractivity (Wildman–Crippen MR) is 149 cm³/mol. The number of hydrogen-bond donors (Lipinski definition) is 2. The number of nitrogens with zero attached hydrogens (tertiary/aromatic N) is 2. The summed E-state index contributed by atoms with van der Waals surface area (Å²) in [6.45, 7) is 10.6. The molecule has 1 aromatic rings. The molecular weight excluding hydrogens is 520 g/mol. The van der Waals surface area contributed by atoms with Crippen molar-refractivity contribution in [3.8, 4) is 0 Å². The SMILES string of the molecule is COCC(=O)N1[C@@H]2CCC[C@H](C)[C@H](O)[C@@H](C)C(=O)C(C)(C)[C@@H](O)CC(=O)OC(C(C)=Cc3csc(C)n3)C[C@@H]21. The zero-order valence-corrected chi connectivity index (χ0v) is 25.0. The van der Waals surface area contributed by atoms with Crippen LogP contribution in [-0.2, 0) is 23.9 Å². The molecule has 1 amide bonds. The average molecular weight is 565 g/mol. The predicted octanol–water partition coefficient (Wildman–Crippen LogP) is 3.55. The summed E-state index contributed by atoms with van der Waals surface area (Å²) >= 11 is 1.53. The number of aliphatic hydroxyl groups excluding tert-OH is 2. The Morgan fingerprint density at radius 3 is 2.56 bits per heavy atom. The van der Waals surface area contributed by atoms with Crippen molar-refractivity contribution in [1.29, 1.82) is 0 Å². The number of amides is 1. The second kappa shape index (κ2) is 13.0. The largest absolute Gasteiger partial charge is 0.458 e. The van der Waals surface area contributed by atoms with Crippen LogP contribution in [0.15, 0.2) is 11.0 Å². The van der Waals surface area contributed by atoms with Gasteiger partial charge in [-0.15, -0.1) is 11.3 Å². The van der Waals surface area contributed by atoms with E-state index < -0.39 is 35.6 Å². The van der Waals surface area contributed by atoms with Gasteiger partial charge in [0.15, 0.2) is 0 Å². The van der Waals surface area contributed by atoms with E-state index in [1.165, 1.54) is 18.4 Å². The van der Waals surface area contributed by atoms with Gasteiger partial charge in [-0.05, 0) is 44.3 Å². The fraction of sp³-hybridized carbons (Fsp3) is 0.724. The Kier molecular flexibility index (Phi) is 10.5. The third kappa shape index (κ3) is 7.54. The lowest BCUT2D eigenvalue weighted by Crippen LogP contribution is -2.45. The molecule has 2 N–H and O–H groups in total. The van der Waals surface area contributed by atoms with Gasteiger partial charge in [0.2, 0.25) is 5.91 Å². The van der Waals surface area contributed by atoms with Crippen molar-refractivity contribution >= 4 is 35.1 Å². The molecule has 0 radical (unpaired) electrons. The lowest BCUT2D eigenvalue weighted by Gasteiger charge is -2.34. The normalized spacial score (nSPS) is 32.9. The maximum Gasteiger partial charge on any atom is 0.309 e. The maximum absolute atomic E-state index is 13.3. The fourth-order valence-corrected chi connectivity index (χ4v) is 6.23.